The second-order valence-corrected chi connectivity index (χ2v) is 4.65. The molecule has 8 heteroatoms. The quantitative estimate of drug-likeness (QED) is 0.430. The number of nitrogens with one attached hydrogen (secondary N) is 2. The molecule has 0 aliphatic carbocycles. The summed E-state index contributed by atoms with van der Waals surface area (Å²) in [5, 5.41) is 9.82. The molecule has 2 aromatic rings. The molecule has 1 aromatic heterocycles. The highest BCUT2D eigenvalue weighted by Crippen LogP contribution is 2.09. The zero-order valence-electron chi connectivity index (χ0n) is 12.9. The Balaban J connectivity index is 0.00000264. The maximum Gasteiger partial charge on any atom is 0.191 e. The predicted octanol–water partition coefficient (Wildman–Crippen LogP) is 3.00. The highest BCUT2D eigenvalue weighted by Gasteiger charge is 2.07. The molecule has 2 N–H and O–H groups in total. The van der Waals surface area contributed by atoms with Crippen molar-refractivity contribution in [3.63, 3.8) is 0 Å². The molecule has 2 rings (SSSR count). The molecule has 0 fully saturated rings. The number of aliphatic imine (C=N–C) groups is 1. The van der Waals surface area contributed by atoms with Crippen LogP contribution in [0.25, 0.3) is 0 Å². The Morgan fingerprint density at radius 1 is 1.22 bits per heavy atom. The Hall–Kier alpha value is -1.71. The van der Waals surface area contributed by atoms with Gasteiger partial charge in [-0.3, -0.25) is 4.99 Å². The van der Waals surface area contributed by atoms with Crippen molar-refractivity contribution >= 4 is 29.9 Å². The van der Waals surface area contributed by atoms with Gasteiger partial charge in [-0.25, -0.2) is 8.78 Å². The molecule has 0 spiro atoms. The first-order chi connectivity index (χ1) is 10.6. The van der Waals surface area contributed by atoms with Crippen LogP contribution >= 0.6 is 24.0 Å². The first kappa shape index (κ1) is 19.3. The van der Waals surface area contributed by atoms with Gasteiger partial charge in [-0.15, -0.1) is 24.0 Å². The van der Waals surface area contributed by atoms with Crippen molar-refractivity contribution in [2.75, 3.05) is 7.05 Å². The summed E-state index contributed by atoms with van der Waals surface area (Å²) >= 11 is 0. The van der Waals surface area contributed by atoms with Gasteiger partial charge < -0.3 is 15.2 Å². The Morgan fingerprint density at radius 2 is 1.96 bits per heavy atom. The van der Waals surface area contributed by atoms with Gasteiger partial charge in [0.15, 0.2) is 11.7 Å². The van der Waals surface area contributed by atoms with E-state index in [9.17, 15) is 8.78 Å². The fourth-order valence-corrected chi connectivity index (χ4v) is 1.85. The van der Waals surface area contributed by atoms with E-state index in [0.717, 1.165) is 30.3 Å². The molecule has 0 radical (unpaired) electrons. The Morgan fingerprint density at radius 3 is 2.61 bits per heavy atom. The Labute approximate surface area is 150 Å². The molecule has 0 bridgehead atoms. The van der Waals surface area contributed by atoms with Gasteiger partial charge in [0.2, 0.25) is 0 Å². The van der Waals surface area contributed by atoms with E-state index >= 15 is 0 Å². The lowest BCUT2D eigenvalue weighted by atomic mass is 10.2. The number of aryl methyl sites for hydroxylation is 1. The number of hydrogen-bond donors (Lipinski definition) is 2. The van der Waals surface area contributed by atoms with Crippen molar-refractivity contribution in [1.82, 2.24) is 15.8 Å². The van der Waals surface area contributed by atoms with Gasteiger partial charge in [0.25, 0.3) is 0 Å². The molecule has 0 saturated heterocycles. The molecule has 23 heavy (non-hydrogen) atoms. The number of guanidine groups is 1. The lowest BCUT2D eigenvalue weighted by Gasteiger charge is -2.11. The second-order valence-electron chi connectivity index (χ2n) is 4.65. The number of rotatable bonds is 5. The first-order valence-electron chi connectivity index (χ1n) is 6.95. The maximum atomic E-state index is 13.5. The van der Waals surface area contributed by atoms with Crippen LogP contribution < -0.4 is 10.6 Å². The molecule has 0 saturated carbocycles. The van der Waals surface area contributed by atoms with Crippen LogP contribution in [-0.2, 0) is 19.5 Å². The van der Waals surface area contributed by atoms with Crippen LogP contribution in [0.2, 0.25) is 0 Å². The summed E-state index contributed by atoms with van der Waals surface area (Å²) in [7, 11) is 1.59. The summed E-state index contributed by atoms with van der Waals surface area (Å²) < 4.78 is 31.8. The van der Waals surface area contributed by atoms with E-state index in [-0.39, 0.29) is 36.1 Å². The van der Waals surface area contributed by atoms with Crippen LogP contribution in [-0.4, -0.2) is 18.2 Å². The van der Waals surface area contributed by atoms with E-state index in [4.69, 9.17) is 4.52 Å². The summed E-state index contributed by atoms with van der Waals surface area (Å²) in [6, 6.07) is 5.19. The van der Waals surface area contributed by atoms with E-state index in [1.807, 2.05) is 13.0 Å². The van der Waals surface area contributed by atoms with Crippen molar-refractivity contribution < 1.29 is 13.3 Å². The van der Waals surface area contributed by atoms with Crippen molar-refractivity contribution in [1.29, 1.82) is 0 Å². The topological polar surface area (TPSA) is 62.5 Å². The van der Waals surface area contributed by atoms with Gasteiger partial charge in [0, 0.05) is 25.2 Å². The fourth-order valence-electron chi connectivity index (χ4n) is 1.85. The molecular formula is C15H19F2IN4O. The van der Waals surface area contributed by atoms with Crippen LogP contribution in [0.15, 0.2) is 33.8 Å². The van der Waals surface area contributed by atoms with Crippen LogP contribution in [0, 0.1) is 11.6 Å². The average Bonchev–Trinajstić information content (AvgIpc) is 2.98. The highest BCUT2D eigenvalue weighted by molar-refractivity contribution is 14.0. The third kappa shape index (κ3) is 5.77. The van der Waals surface area contributed by atoms with E-state index < -0.39 is 11.6 Å². The minimum absolute atomic E-state index is 0. The average molecular weight is 436 g/mol. The molecular weight excluding hydrogens is 417 g/mol. The highest BCUT2D eigenvalue weighted by atomic mass is 127. The lowest BCUT2D eigenvalue weighted by molar-refractivity contribution is 0.374. The third-order valence-corrected chi connectivity index (χ3v) is 3.08. The molecule has 0 aliphatic heterocycles. The summed E-state index contributed by atoms with van der Waals surface area (Å²) in [4.78, 5) is 4.01. The van der Waals surface area contributed by atoms with Gasteiger partial charge in [0.1, 0.15) is 11.6 Å². The molecule has 0 aliphatic rings. The standard InChI is InChI=1S/C15H18F2N4O.HI/c1-3-12-7-13(22-21-12)9-20-15(18-2)19-8-10-6-11(16)4-5-14(10)17;/h4-7H,3,8-9H2,1-2H3,(H2,18,19,20);1H. The molecule has 126 valence electrons. The SMILES string of the molecule is CCc1cc(CNC(=NC)NCc2cc(F)ccc2F)on1.I. The summed E-state index contributed by atoms with van der Waals surface area (Å²) in [5.41, 5.74) is 1.11. The minimum atomic E-state index is -0.477. The van der Waals surface area contributed by atoms with Gasteiger partial charge in [-0.2, -0.15) is 0 Å². The zero-order chi connectivity index (χ0) is 15.9. The van der Waals surface area contributed by atoms with Gasteiger partial charge in [0.05, 0.1) is 12.2 Å². The molecule has 0 atom stereocenters. The second kappa shape index (κ2) is 9.43. The molecule has 1 aromatic carbocycles. The Kier molecular flexibility index (Phi) is 7.93. The smallest absolute Gasteiger partial charge is 0.191 e. The van der Waals surface area contributed by atoms with Crippen molar-refractivity contribution in [2.24, 2.45) is 4.99 Å². The van der Waals surface area contributed by atoms with Crippen LogP contribution in [0.3, 0.4) is 0 Å². The Bertz CT molecular complexity index is 661. The van der Waals surface area contributed by atoms with Gasteiger partial charge in [-0.1, -0.05) is 12.1 Å². The normalized spacial score (nSPS) is 11.0. The monoisotopic (exact) mass is 436 g/mol. The van der Waals surface area contributed by atoms with Crippen molar-refractivity contribution in [3.05, 3.63) is 52.9 Å². The fraction of sp³-hybridized carbons (Fsp3) is 0.333. The lowest BCUT2D eigenvalue weighted by Crippen LogP contribution is -2.36. The van der Waals surface area contributed by atoms with Gasteiger partial charge in [-0.05, 0) is 24.6 Å². The number of benzene rings is 1. The summed E-state index contributed by atoms with van der Waals surface area (Å²) in [6.45, 7) is 2.52. The van der Waals surface area contributed by atoms with E-state index in [1.54, 1.807) is 7.05 Å². The van der Waals surface area contributed by atoms with Crippen molar-refractivity contribution in [2.45, 2.75) is 26.4 Å². The molecule has 0 unspecified atom stereocenters. The van der Waals surface area contributed by atoms with Crippen LogP contribution in [0.1, 0.15) is 23.9 Å². The molecule has 5 nitrogen and oxygen atoms in total. The largest absolute Gasteiger partial charge is 0.359 e. The maximum absolute atomic E-state index is 13.5. The number of nitrogens with zero attached hydrogens (tertiary/aromatic N) is 2. The number of aromatic nitrogens is 1. The van der Waals surface area contributed by atoms with E-state index in [1.165, 1.54) is 0 Å². The van der Waals surface area contributed by atoms with Gasteiger partial charge >= 0.3 is 0 Å². The minimum Gasteiger partial charge on any atom is -0.359 e. The van der Waals surface area contributed by atoms with E-state index in [2.05, 4.69) is 20.8 Å². The summed E-state index contributed by atoms with van der Waals surface area (Å²) in [5.74, 6) is 0.192. The zero-order valence-corrected chi connectivity index (χ0v) is 15.2. The van der Waals surface area contributed by atoms with E-state index in [0.29, 0.717) is 18.3 Å². The van der Waals surface area contributed by atoms with Crippen molar-refractivity contribution in [3.8, 4) is 0 Å². The number of halogens is 3. The third-order valence-electron chi connectivity index (χ3n) is 3.08. The first-order valence-corrected chi connectivity index (χ1v) is 6.95. The molecule has 0 amide bonds. The van der Waals surface area contributed by atoms with Crippen LogP contribution in [0.5, 0.6) is 0 Å². The van der Waals surface area contributed by atoms with Crippen LogP contribution in [0.4, 0.5) is 8.78 Å². The predicted molar refractivity (Wildman–Crippen MR) is 94.7 cm³/mol. The molecule has 1 heterocycles. The summed E-state index contributed by atoms with van der Waals surface area (Å²) in [6.07, 6.45) is 0.801. The number of hydrogen-bond acceptors (Lipinski definition) is 3.